The lowest BCUT2D eigenvalue weighted by Crippen LogP contribution is -2.37. The number of hydrogen-bond acceptors (Lipinski definition) is 6. The first-order valence-electron chi connectivity index (χ1n) is 5.38. The van der Waals surface area contributed by atoms with E-state index in [1.54, 1.807) is 0 Å². The zero-order valence-corrected chi connectivity index (χ0v) is 12.4. The Morgan fingerprint density at radius 3 is 2.42 bits per heavy atom. The normalized spacial score (nSPS) is 22.8. The van der Waals surface area contributed by atoms with Gasteiger partial charge in [-0.2, -0.15) is 4.31 Å². The second kappa shape index (κ2) is 4.97. The monoisotopic (exact) mass is 325 g/mol. The molecule has 0 aromatic carbocycles. The molecule has 0 aliphatic carbocycles. The van der Waals surface area contributed by atoms with E-state index in [4.69, 9.17) is 11.6 Å². The van der Waals surface area contributed by atoms with E-state index in [-0.39, 0.29) is 21.7 Å². The van der Waals surface area contributed by atoms with Crippen LogP contribution in [0.3, 0.4) is 0 Å². The zero-order chi connectivity index (χ0) is 14.3. The van der Waals surface area contributed by atoms with E-state index in [1.165, 1.54) is 7.05 Å². The van der Waals surface area contributed by atoms with E-state index in [0.717, 1.165) is 16.7 Å². The number of sulfone groups is 1. The van der Waals surface area contributed by atoms with Crippen LogP contribution in [0.25, 0.3) is 0 Å². The summed E-state index contributed by atoms with van der Waals surface area (Å²) in [5.74, 6) is -0.147. The number of hydrogen-bond donors (Lipinski definition) is 0. The van der Waals surface area contributed by atoms with Gasteiger partial charge in [0.1, 0.15) is 4.90 Å². The molecular weight excluding hydrogens is 314 g/mol. The molecule has 2 rings (SSSR count). The van der Waals surface area contributed by atoms with Crippen molar-refractivity contribution in [3.63, 3.8) is 0 Å². The van der Waals surface area contributed by atoms with Crippen molar-refractivity contribution in [1.29, 1.82) is 0 Å². The van der Waals surface area contributed by atoms with Gasteiger partial charge in [0.05, 0.1) is 23.9 Å². The third-order valence-corrected chi connectivity index (χ3v) is 6.80. The van der Waals surface area contributed by atoms with Gasteiger partial charge in [-0.3, -0.25) is 0 Å². The Hall–Kier alpha value is -0.770. The van der Waals surface area contributed by atoms with Crippen molar-refractivity contribution in [1.82, 2.24) is 14.3 Å². The number of rotatable bonds is 3. The minimum Gasteiger partial charge on any atom is -0.229 e. The Kier molecular flexibility index (Phi) is 3.83. The lowest BCUT2D eigenvalue weighted by molar-refractivity contribution is 0.393. The van der Waals surface area contributed by atoms with Crippen molar-refractivity contribution in [3.8, 4) is 0 Å². The molecule has 1 aromatic heterocycles. The summed E-state index contributed by atoms with van der Waals surface area (Å²) in [6.07, 6.45) is 2.50. The van der Waals surface area contributed by atoms with Gasteiger partial charge in [-0.25, -0.2) is 26.8 Å². The standard InChI is InChI=1S/C9H12ClN3O4S2/c1-13(7-2-3-18(14,15)6-7)19(16,17)8-4-11-9(10)12-5-8/h4-5,7H,2-3,6H2,1H3. The molecule has 1 saturated heterocycles. The molecule has 0 saturated carbocycles. The number of aromatic nitrogens is 2. The minimum atomic E-state index is -3.80. The van der Waals surface area contributed by atoms with Crippen LogP contribution in [0.1, 0.15) is 6.42 Å². The van der Waals surface area contributed by atoms with Crippen molar-refractivity contribution in [2.24, 2.45) is 0 Å². The first-order valence-corrected chi connectivity index (χ1v) is 9.02. The van der Waals surface area contributed by atoms with Crippen molar-refractivity contribution >= 4 is 31.5 Å². The largest absolute Gasteiger partial charge is 0.246 e. The molecule has 0 N–H and O–H groups in total. The van der Waals surface area contributed by atoms with E-state index in [1.807, 2.05) is 0 Å². The van der Waals surface area contributed by atoms with Gasteiger partial charge in [0, 0.05) is 13.1 Å². The van der Waals surface area contributed by atoms with Crippen molar-refractivity contribution in [2.45, 2.75) is 17.4 Å². The summed E-state index contributed by atoms with van der Waals surface area (Å²) < 4.78 is 48.3. The van der Waals surface area contributed by atoms with Crippen LogP contribution in [0.15, 0.2) is 17.3 Å². The van der Waals surface area contributed by atoms with Crippen LogP contribution >= 0.6 is 11.6 Å². The fourth-order valence-corrected chi connectivity index (χ4v) is 5.10. The molecule has 2 heterocycles. The fourth-order valence-electron chi connectivity index (χ4n) is 1.86. The van der Waals surface area contributed by atoms with E-state index < -0.39 is 25.9 Å². The molecule has 106 valence electrons. The molecule has 1 fully saturated rings. The molecule has 1 unspecified atom stereocenters. The minimum absolute atomic E-state index is 0.00858. The van der Waals surface area contributed by atoms with E-state index in [2.05, 4.69) is 9.97 Å². The molecule has 10 heteroatoms. The lowest BCUT2D eigenvalue weighted by Gasteiger charge is -2.22. The summed E-state index contributed by atoms with van der Waals surface area (Å²) >= 11 is 5.50. The molecule has 1 aliphatic rings. The van der Waals surface area contributed by atoms with Gasteiger partial charge >= 0.3 is 0 Å². The maximum Gasteiger partial charge on any atom is 0.246 e. The van der Waals surface area contributed by atoms with Crippen molar-refractivity contribution < 1.29 is 16.8 Å². The molecule has 0 spiro atoms. The molecule has 0 amide bonds. The van der Waals surface area contributed by atoms with Gasteiger partial charge in [-0.1, -0.05) is 0 Å². The average molecular weight is 326 g/mol. The van der Waals surface area contributed by atoms with E-state index in [9.17, 15) is 16.8 Å². The molecule has 0 radical (unpaired) electrons. The highest BCUT2D eigenvalue weighted by molar-refractivity contribution is 7.92. The zero-order valence-electron chi connectivity index (χ0n) is 10.0. The van der Waals surface area contributed by atoms with Gasteiger partial charge in [0.25, 0.3) is 0 Å². The van der Waals surface area contributed by atoms with Crippen LogP contribution in [0, 0.1) is 0 Å². The Balaban J connectivity index is 2.27. The summed E-state index contributed by atoms with van der Waals surface area (Å²) in [5, 5.41) is -0.0509. The van der Waals surface area contributed by atoms with Gasteiger partial charge < -0.3 is 0 Å². The van der Waals surface area contributed by atoms with Crippen LogP contribution < -0.4 is 0 Å². The third kappa shape index (κ3) is 3.04. The highest BCUT2D eigenvalue weighted by Crippen LogP contribution is 2.22. The van der Waals surface area contributed by atoms with Gasteiger partial charge in [-0.05, 0) is 18.0 Å². The van der Waals surface area contributed by atoms with Gasteiger partial charge in [0.15, 0.2) is 9.84 Å². The molecular formula is C9H12ClN3O4S2. The molecule has 7 nitrogen and oxygen atoms in total. The van der Waals surface area contributed by atoms with Crippen molar-refractivity contribution in [2.75, 3.05) is 18.6 Å². The number of sulfonamides is 1. The molecule has 1 atom stereocenters. The Morgan fingerprint density at radius 2 is 1.95 bits per heavy atom. The van der Waals surface area contributed by atoms with Crippen LogP contribution in [0.4, 0.5) is 0 Å². The topological polar surface area (TPSA) is 97.3 Å². The maximum absolute atomic E-state index is 12.2. The summed E-state index contributed by atoms with van der Waals surface area (Å²) in [5.41, 5.74) is 0. The number of nitrogens with zero attached hydrogens (tertiary/aromatic N) is 3. The lowest BCUT2D eigenvalue weighted by atomic mass is 10.3. The highest BCUT2D eigenvalue weighted by atomic mass is 35.5. The summed E-state index contributed by atoms with van der Waals surface area (Å²) in [7, 11) is -5.60. The van der Waals surface area contributed by atoms with Gasteiger partial charge in [0.2, 0.25) is 15.3 Å². The first kappa shape index (κ1) is 14.6. The molecule has 1 aromatic rings. The van der Waals surface area contributed by atoms with Crippen LogP contribution in [-0.2, 0) is 19.9 Å². The molecule has 0 bridgehead atoms. The Labute approximate surface area is 116 Å². The fraction of sp³-hybridized carbons (Fsp3) is 0.556. The summed E-state index contributed by atoms with van der Waals surface area (Å²) in [6.45, 7) is 0. The third-order valence-electron chi connectivity index (χ3n) is 3.00. The molecule has 1 aliphatic heterocycles. The highest BCUT2D eigenvalue weighted by Gasteiger charge is 2.36. The first-order chi connectivity index (χ1) is 8.72. The summed E-state index contributed by atoms with van der Waals surface area (Å²) in [4.78, 5) is 7.12. The van der Waals surface area contributed by atoms with E-state index >= 15 is 0 Å². The maximum atomic E-state index is 12.2. The van der Waals surface area contributed by atoms with Crippen LogP contribution in [0.2, 0.25) is 5.28 Å². The van der Waals surface area contributed by atoms with E-state index in [0.29, 0.717) is 6.42 Å². The summed E-state index contributed by atoms with van der Waals surface area (Å²) in [6, 6.07) is -0.550. The van der Waals surface area contributed by atoms with Crippen LogP contribution in [-0.4, -0.2) is 55.7 Å². The quantitative estimate of drug-likeness (QED) is 0.722. The predicted molar refractivity (Wildman–Crippen MR) is 69.0 cm³/mol. The second-order valence-corrected chi connectivity index (χ2v) is 8.83. The predicted octanol–water partition coefficient (Wildman–Crippen LogP) is -0.0624. The van der Waals surface area contributed by atoms with Crippen LogP contribution in [0.5, 0.6) is 0 Å². The van der Waals surface area contributed by atoms with Gasteiger partial charge in [-0.15, -0.1) is 0 Å². The second-order valence-electron chi connectivity index (χ2n) is 4.27. The Morgan fingerprint density at radius 1 is 1.37 bits per heavy atom. The number of halogens is 1. The average Bonchev–Trinajstić information content (AvgIpc) is 2.69. The SMILES string of the molecule is CN(C1CCS(=O)(=O)C1)S(=O)(=O)c1cnc(Cl)nc1. The smallest absolute Gasteiger partial charge is 0.229 e. The molecule has 19 heavy (non-hydrogen) atoms. The Bertz CT molecular complexity index is 672. The van der Waals surface area contributed by atoms with Crippen molar-refractivity contribution in [3.05, 3.63) is 17.7 Å².